The van der Waals surface area contributed by atoms with Gasteiger partial charge >= 0.3 is 0 Å². The first-order valence-electron chi connectivity index (χ1n) is 11.6. The van der Waals surface area contributed by atoms with E-state index < -0.39 is 0 Å². The molecule has 2 aromatic heterocycles. The van der Waals surface area contributed by atoms with Crippen molar-refractivity contribution in [3.8, 4) is 34.3 Å². The molecule has 4 aromatic rings. The zero-order valence-electron chi connectivity index (χ0n) is 19.4. The van der Waals surface area contributed by atoms with Crippen LogP contribution in [0.4, 0.5) is 5.69 Å². The molecule has 0 atom stereocenters. The van der Waals surface area contributed by atoms with E-state index in [1.54, 1.807) is 30.5 Å². The summed E-state index contributed by atoms with van der Waals surface area (Å²) in [6.45, 7) is 6.05. The van der Waals surface area contributed by atoms with Crippen LogP contribution >= 0.6 is 0 Å². The van der Waals surface area contributed by atoms with Crippen LogP contribution < -0.4 is 24.3 Å². The molecule has 9 nitrogen and oxygen atoms in total. The Morgan fingerprint density at radius 1 is 0.886 bits per heavy atom. The summed E-state index contributed by atoms with van der Waals surface area (Å²) in [7, 11) is 0. The molecule has 35 heavy (non-hydrogen) atoms. The second-order valence-corrected chi connectivity index (χ2v) is 8.65. The summed E-state index contributed by atoms with van der Waals surface area (Å²) in [4.78, 5) is 18.4. The fraction of sp³-hybridized carbons (Fsp3) is 0.269. The molecule has 2 aliphatic rings. The first-order chi connectivity index (χ1) is 17.1. The third-order valence-corrected chi connectivity index (χ3v) is 5.94. The Bertz CT molecular complexity index is 1450. The molecule has 0 spiro atoms. The van der Waals surface area contributed by atoms with Crippen LogP contribution in [-0.4, -0.2) is 47.1 Å². The van der Waals surface area contributed by atoms with Gasteiger partial charge in [-0.25, -0.2) is 9.67 Å². The zero-order chi connectivity index (χ0) is 23.9. The fourth-order valence-electron chi connectivity index (χ4n) is 4.25. The van der Waals surface area contributed by atoms with E-state index in [1.165, 1.54) is 0 Å². The molecule has 1 amide bonds. The van der Waals surface area contributed by atoms with Crippen molar-refractivity contribution >= 4 is 22.6 Å². The van der Waals surface area contributed by atoms with Crippen molar-refractivity contribution in [2.45, 2.75) is 19.9 Å². The molecule has 2 aliphatic heterocycles. The third-order valence-electron chi connectivity index (χ3n) is 5.94. The highest BCUT2D eigenvalue weighted by Gasteiger charge is 2.21. The summed E-state index contributed by atoms with van der Waals surface area (Å²) < 4.78 is 24.4. The van der Waals surface area contributed by atoms with Crippen molar-refractivity contribution in [1.29, 1.82) is 0 Å². The molecule has 0 bridgehead atoms. The summed E-state index contributed by atoms with van der Waals surface area (Å²) in [5.41, 5.74) is 3.19. The number of benzene rings is 2. The number of nitrogens with zero attached hydrogens (tertiary/aromatic N) is 3. The van der Waals surface area contributed by atoms with Crippen LogP contribution in [0.5, 0.6) is 23.0 Å². The molecular weight excluding hydrogens is 448 g/mol. The lowest BCUT2D eigenvalue weighted by Crippen LogP contribution is -2.17. The lowest BCUT2D eigenvalue weighted by atomic mass is 10.1. The molecule has 0 saturated carbocycles. The molecule has 0 aliphatic carbocycles. The average Bonchev–Trinajstić information content (AvgIpc) is 3.32. The SMILES string of the molecule is CC(C)n1ncc2c(C(=O)Nc3ccc4c(c3)OCCO4)cc(-c3ccc4c(c3)OCCO4)nc21. The first-order valence-corrected chi connectivity index (χ1v) is 11.6. The highest BCUT2D eigenvalue weighted by atomic mass is 16.6. The number of hydrogen-bond acceptors (Lipinski definition) is 7. The number of rotatable bonds is 4. The number of pyridine rings is 1. The van der Waals surface area contributed by atoms with Crippen LogP contribution in [0.15, 0.2) is 48.7 Å². The summed E-state index contributed by atoms with van der Waals surface area (Å²) in [5.74, 6) is 2.37. The molecule has 9 heteroatoms. The lowest BCUT2D eigenvalue weighted by Gasteiger charge is -2.19. The smallest absolute Gasteiger partial charge is 0.256 e. The highest BCUT2D eigenvalue weighted by Crippen LogP contribution is 2.36. The Kier molecular flexibility index (Phi) is 5.17. The maximum Gasteiger partial charge on any atom is 0.256 e. The van der Waals surface area contributed by atoms with E-state index >= 15 is 0 Å². The second kappa shape index (κ2) is 8.50. The highest BCUT2D eigenvalue weighted by molar-refractivity contribution is 6.12. The van der Waals surface area contributed by atoms with Gasteiger partial charge in [0.1, 0.15) is 26.4 Å². The maximum atomic E-state index is 13.5. The van der Waals surface area contributed by atoms with Crippen LogP contribution in [0, 0.1) is 0 Å². The van der Waals surface area contributed by atoms with Crippen molar-refractivity contribution in [2.75, 3.05) is 31.7 Å². The van der Waals surface area contributed by atoms with Crippen LogP contribution in [0.1, 0.15) is 30.2 Å². The predicted molar refractivity (Wildman–Crippen MR) is 130 cm³/mol. The largest absolute Gasteiger partial charge is 0.486 e. The van der Waals surface area contributed by atoms with E-state index in [0.717, 1.165) is 5.56 Å². The van der Waals surface area contributed by atoms with Crippen LogP contribution in [0.25, 0.3) is 22.3 Å². The predicted octanol–water partition coefficient (Wildman–Crippen LogP) is 4.47. The number of carbonyl (C=O) groups excluding carboxylic acids is 1. The topological polar surface area (TPSA) is 96.7 Å². The molecule has 4 heterocycles. The number of fused-ring (bicyclic) bond motifs is 3. The van der Waals surface area contributed by atoms with Gasteiger partial charge in [0.25, 0.3) is 5.91 Å². The minimum atomic E-state index is -0.267. The fourth-order valence-corrected chi connectivity index (χ4v) is 4.25. The Labute approximate surface area is 201 Å². The molecule has 0 unspecified atom stereocenters. The molecule has 6 rings (SSSR count). The summed E-state index contributed by atoms with van der Waals surface area (Å²) in [6, 6.07) is 12.9. The number of hydrogen-bond donors (Lipinski definition) is 1. The third kappa shape index (κ3) is 3.88. The normalized spacial score (nSPS) is 14.3. The summed E-state index contributed by atoms with van der Waals surface area (Å²) in [5, 5.41) is 8.16. The van der Waals surface area contributed by atoms with Crippen LogP contribution in [0.3, 0.4) is 0 Å². The number of ether oxygens (including phenoxy) is 4. The van der Waals surface area contributed by atoms with Gasteiger partial charge in [-0.2, -0.15) is 5.10 Å². The van der Waals surface area contributed by atoms with Crippen molar-refractivity contribution in [1.82, 2.24) is 14.8 Å². The van der Waals surface area contributed by atoms with E-state index in [2.05, 4.69) is 10.4 Å². The lowest BCUT2D eigenvalue weighted by molar-refractivity contribution is 0.102. The molecule has 0 saturated heterocycles. The number of anilines is 1. The minimum absolute atomic E-state index is 0.0734. The molecule has 178 valence electrons. The molecule has 0 radical (unpaired) electrons. The molecular formula is C26H24N4O5. The second-order valence-electron chi connectivity index (χ2n) is 8.65. The van der Waals surface area contributed by atoms with Gasteiger partial charge in [-0.3, -0.25) is 4.79 Å². The summed E-state index contributed by atoms with van der Waals surface area (Å²) >= 11 is 0. The Morgan fingerprint density at radius 3 is 2.26 bits per heavy atom. The first kappa shape index (κ1) is 21.3. The zero-order valence-corrected chi connectivity index (χ0v) is 19.4. The monoisotopic (exact) mass is 472 g/mol. The van der Waals surface area contributed by atoms with Gasteiger partial charge in [0, 0.05) is 23.4 Å². The van der Waals surface area contributed by atoms with Crippen molar-refractivity contribution in [3.63, 3.8) is 0 Å². The van der Waals surface area contributed by atoms with Gasteiger partial charge in [0.05, 0.1) is 22.8 Å². The molecule has 1 N–H and O–H groups in total. The summed E-state index contributed by atoms with van der Waals surface area (Å²) in [6.07, 6.45) is 1.69. The van der Waals surface area contributed by atoms with E-state index in [9.17, 15) is 4.79 Å². The van der Waals surface area contributed by atoms with Crippen LogP contribution in [-0.2, 0) is 0 Å². The molecule has 2 aromatic carbocycles. The minimum Gasteiger partial charge on any atom is -0.486 e. The Morgan fingerprint density at radius 2 is 1.54 bits per heavy atom. The number of carbonyl (C=O) groups is 1. The van der Waals surface area contributed by atoms with Gasteiger partial charge in [-0.05, 0) is 50.2 Å². The Hall–Kier alpha value is -4.27. The van der Waals surface area contributed by atoms with E-state index in [1.807, 2.05) is 36.7 Å². The quantitative estimate of drug-likeness (QED) is 0.468. The van der Waals surface area contributed by atoms with Gasteiger partial charge in [0.2, 0.25) is 0 Å². The number of aromatic nitrogens is 3. The van der Waals surface area contributed by atoms with E-state index in [4.69, 9.17) is 23.9 Å². The Balaban J connectivity index is 1.42. The van der Waals surface area contributed by atoms with Crippen molar-refractivity contribution in [2.24, 2.45) is 0 Å². The average molecular weight is 473 g/mol. The van der Waals surface area contributed by atoms with E-state index in [-0.39, 0.29) is 11.9 Å². The van der Waals surface area contributed by atoms with Gasteiger partial charge in [-0.15, -0.1) is 0 Å². The number of nitrogens with one attached hydrogen (secondary N) is 1. The van der Waals surface area contributed by atoms with E-state index in [0.29, 0.717) is 77.4 Å². The van der Waals surface area contributed by atoms with Gasteiger partial charge in [-0.1, -0.05) is 0 Å². The molecule has 0 fully saturated rings. The maximum absolute atomic E-state index is 13.5. The van der Waals surface area contributed by atoms with Crippen molar-refractivity contribution in [3.05, 3.63) is 54.2 Å². The van der Waals surface area contributed by atoms with Crippen LogP contribution in [0.2, 0.25) is 0 Å². The van der Waals surface area contributed by atoms with Gasteiger partial charge in [0.15, 0.2) is 28.6 Å². The standard InChI is InChI=1S/C26H24N4O5/c1-15(2)30-25-19(14-27-30)18(26(31)28-17-4-6-22-24(12-17)35-10-8-33-22)13-20(29-25)16-3-5-21-23(11-16)34-9-7-32-21/h3-6,11-15H,7-10H2,1-2H3,(H,28,31). The number of amides is 1. The van der Waals surface area contributed by atoms with Gasteiger partial charge < -0.3 is 24.3 Å². The van der Waals surface area contributed by atoms with Crippen molar-refractivity contribution < 1.29 is 23.7 Å².